The maximum absolute atomic E-state index is 4.60. The van der Waals surface area contributed by atoms with Crippen molar-refractivity contribution >= 4 is 0 Å². The van der Waals surface area contributed by atoms with E-state index in [9.17, 15) is 0 Å². The molecule has 0 amide bonds. The van der Waals surface area contributed by atoms with Crippen molar-refractivity contribution in [1.29, 1.82) is 0 Å². The van der Waals surface area contributed by atoms with E-state index in [1.807, 2.05) is 41.7 Å². The lowest BCUT2D eigenvalue weighted by Gasteiger charge is -2.11. The van der Waals surface area contributed by atoms with Crippen LogP contribution >= 0.6 is 0 Å². The van der Waals surface area contributed by atoms with Gasteiger partial charge in [-0.25, -0.2) is 9.97 Å². The van der Waals surface area contributed by atoms with E-state index in [0.29, 0.717) is 6.54 Å². The Morgan fingerprint density at radius 3 is 2.68 bits per heavy atom. The molecule has 0 spiro atoms. The number of aryl methyl sites for hydroxylation is 1. The first-order valence-corrected chi connectivity index (χ1v) is 8.41. The second-order valence-corrected chi connectivity index (χ2v) is 5.93. The van der Waals surface area contributed by atoms with Crippen LogP contribution in [0.25, 0.3) is 11.4 Å². The summed E-state index contributed by atoms with van der Waals surface area (Å²) in [6.07, 6.45) is 11.6. The molecule has 0 N–H and O–H groups in total. The van der Waals surface area contributed by atoms with Crippen LogP contribution in [0, 0.1) is 0 Å². The molecule has 6 heteroatoms. The molecule has 3 aromatic heterocycles. The summed E-state index contributed by atoms with van der Waals surface area (Å²) in [6.45, 7) is 4.47. The van der Waals surface area contributed by atoms with Crippen LogP contribution in [0.1, 0.15) is 18.2 Å². The Morgan fingerprint density at radius 2 is 1.88 bits per heavy atom. The highest BCUT2D eigenvalue weighted by Gasteiger charge is 2.12. The average molecular weight is 332 g/mol. The Labute approximate surface area is 146 Å². The van der Waals surface area contributed by atoms with Gasteiger partial charge in [0.1, 0.15) is 5.82 Å². The van der Waals surface area contributed by atoms with Crippen molar-refractivity contribution in [3.63, 3.8) is 0 Å². The van der Waals surface area contributed by atoms with Gasteiger partial charge in [0.25, 0.3) is 0 Å². The van der Waals surface area contributed by atoms with Gasteiger partial charge in [0.05, 0.1) is 25.1 Å². The summed E-state index contributed by atoms with van der Waals surface area (Å²) < 4.78 is 6.15. The number of nitrogens with zero attached hydrogens (tertiary/aromatic N) is 6. The van der Waals surface area contributed by atoms with Crippen LogP contribution in [0.5, 0.6) is 0 Å². The zero-order chi connectivity index (χ0) is 17.1. The molecule has 25 heavy (non-hydrogen) atoms. The summed E-state index contributed by atoms with van der Waals surface area (Å²) in [5.41, 5.74) is 3.35. The molecule has 0 radical (unpaired) electrons. The largest absolute Gasteiger partial charge is 0.337 e. The van der Waals surface area contributed by atoms with Crippen LogP contribution < -0.4 is 0 Å². The van der Waals surface area contributed by atoms with E-state index in [2.05, 4.69) is 55.5 Å². The maximum atomic E-state index is 4.60. The third kappa shape index (κ3) is 3.24. The Hall–Kier alpha value is -3.15. The van der Waals surface area contributed by atoms with Crippen molar-refractivity contribution in [2.45, 2.75) is 26.6 Å². The summed E-state index contributed by atoms with van der Waals surface area (Å²) in [6, 6.07) is 10.3. The number of rotatable bonds is 6. The molecule has 0 unspecified atom stereocenters. The van der Waals surface area contributed by atoms with E-state index < -0.39 is 0 Å². The van der Waals surface area contributed by atoms with Gasteiger partial charge in [-0.1, -0.05) is 24.3 Å². The lowest BCUT2D eigenvalue weighted by Crippen LogP contribution is -2.06. The van der Waals surface area contributed by atoms with Crippen molar-refractivity contribution in [2.75, 3.05) is 0 Å². The van der Waals surface area contributed by atoms with Gasteiger partial charge in [-0.3, -0.25) is 4.68 Å². The smallest absolute Gasteiger partial charge is 0.140 e. The van der Waals surface area contributed by atoms with E-state index in [0.717, 1.165) is 30.2 Å². The van der Waals surface area contributed by atoms with Crippen molar-refractivity contribution in [3.8, 4) is 11.4 Å². The van der Waals surface area contributed by atoms with Crippen LogP contribution in [-0.2, 0) is 19.6 Å². The van der Waals surface area contributed by atoms with Gasteiger partial charge in [0.15, 0.2) is 0 Å². The third-order valence-corrected chi connectivity index (χ3v) is 4.25. The summed E-state index contributed by atoms with van der Waals surface area (Å²) >= 11 is 0. The zero-order valence-electron chi connectivity index (χ0n) is 14.2. The van der Waals surface area contributed by atoms with Gasteiger partial charge < -0.3 is 9.13 Å². The molecule has 1 aromatic carbocycles. The number of hydrogen-bond donors (Lipinski definition) is 0. The first-order valence-electron chi connectivity index (χ1n) is 8.41. The van der Waals surface area contributed by atoms with Crippen LogP contribution in [0.2, 0.25) is 0 Å². The standard InChI is InChI=1S/C19H20N6/c1-2-23-13-17(21-15-23)14-24-11-9-20-19(24)18-7-4-3-6-16(18)12-25-10-5-8-22-25/h3-11,13,15H,2,12,14H2,1H3. The highest BCUT2D eigenvalue weighted by Crippen LogP contribution is 2.23. The van der Waals surface area contributed by atoms with Crippen LogP contribution in [-0.4, -0.2) is 28.9 Å². The number of imidazole rings is 2. The van der Waals surface area contributed by atoms with Crippen LogP contribution in [0.15, 0.2) is 67.6 Å². The lowest BCUT2D eigenvalue weighted by molar-refractivity contribution is 0.686. The Balaban J connectivity index is 1.66. The predicted octanol–water partition coefficient (Wildman–Crippen LogP) is 3.06. The van der Waals surface area contributed by atoms with Gasteiger partial charge in [0, 0.05) is 43.1 Å². The molecule has 0 bridgehead atoms. The van der Waals surface area contributed by atoms with Gasteiger partial charge in [-0.2, -0.15) is 5.10 Å². The fourth-order valence-corrected chi connectivity index (χ4v) is 2.96. The molecule has 6 nitrogen and oxygen atoms in total. The first-order chi connectivity index (χ1) is 12.3. The number of benzene rings is 1. The van der Waals surface area contributed by atoms with Crippen molar-refractivity contribution in [1.82, 2.24) is 28.9 Å². The number of aromatic nitrogens is 6. The summed E-state index contributed by atoms with van der Waals surface area (Å²) in [7, 11) is 0. The molecule has 4 aromatic rings. The minimum absolute atomic E-state index is 0.707. The van der Waals surface area contributed by atoms with E-state index in [-0.39, 0.29) is 0 Å². The Morgan fingerprint density at radius 1 is 0.960 bits per heavy atom. The summed E-state index contributed by atoms with van der Waals surface area (Å²) in [5, 5.41) is 4.31. The van der Waals surface area contributed by atoms with Crippen LogP contribution in [0.3, 0.4) is 0 Å². The van der Waals surface area contributed by atoms with Crippen molar-refractivity contribution in [3.05, 3.63) is 78.9 Å². The summed E-state index contributed by atoms with van der Waals surface area (Å²) in [5.74, 6) is 0.953. The van der Waals surface area contributed by atoms with Gasteiger partial charge in [-0.15, -0.1) is 0 Å². The quantitative estimate of drug-likeness (QED) is 0.545. The number of hydrogen-bond acceptors (Lipinski definition) is 3. The highest BCUT2D eigenvalue weighted by molar-refractivity contribution is 5.60. The molecule has 4 rings (SSSR count). The van der Waals surface area contributed by atoms with E-state index in [4.69, 9.17) is 0 Å². The first kappa shape index (κ1) is 15.4. The fourth-order valence-electron chi connectivity index (χ4n) is 2.96. The predicted molar refractivity (Wildman–Crippen MR) is 96.0 cm³/mol. The molecule has 0 saturated carbocycles. The maximum Gasteiger partial charge on any atom is 0.140 e. The Kier molecular flexibility index (Phi) is 4.16. The molecule has 3 heterocycles. The molecular weight excluding hydrogens is 312 g/mol. The topological polar surface area (TPSA) is 53.5 Å². The molecule has 0 aliphatic heterocycles. The third-order valence-electron chi connectivity index (χ3n) is 4.25. The minimum Gasteiger partial charge on any atom is -0.337 e. The van der Waals surface area contributed by atoms with E-state index >= 15 is 0 Å². The SMILES string of the molecule is CCn1cnc(Cn2ccnc2-c2ccccc2Cn2cccn2)c1. The van der Waals surface area contributed by atoms with E-state index in [1.165, 1.54) is 5.56 Å². The molecule has 0 atom stereocenters. The zero-order valence-corrected chi connectivity index (χ0v) is 14.2. The molecule has 0 fully saturated rings. The highest BCUT2D eigenvalue weighted by atomic mass is 15.3. The monoisotopic (exact) mass is 332 g/mol. The molecule has 0 saturated heterocycles. The Bertz CT molecular complexity index is 948. The van der Waals surface area contributed by atoms with Crippen molar-refractivity contribution < 1.29 is 0 Å². The molecule has 0 aliphatic rings. The minimum atomic E-state index is 0.707. The normalized spacial score (nSPS) is 11.1. The lowest BCUT2D eigenvalue weighted by atomic mass is 10.1. The van der Waals surface area contributed by atoms with Gasteiger partial charge in [0.2, 0.25) is 0 Å². The van der Waals surface area contributed by atoms with Crippen LogP contribution in [0.4, 0.5) is 0 Å². The van der Waals surface area contributed by atoms with Gasteiger partial charge >= 0.3 is 0 Å². The second-order valence-electron chi connectivity index (χ2n) is 5.93. The van der Waals surface area contributed by atoms with E-state index in [1.54, 1.807) is 6.20 Å². The summed E-state index contributed by atoms with van der Waals surface area (Å²) in [4.78, 5) is 9.08. The second kappa shape index (κ2) is 6.76. The fraction of sp³-hybridized carbons (Fsp3) is 0.211. The average Bonchev–Trinajstić information content (AvgIpc) is 3.38. The molecule has 126 valence electrons. The van der Waals surface area contributed by atoms with Crippen molar-refractivity contribution in [2.24, 2.45) is 0 Å². The van der Waals surface area contributed by atoms with Gasteiger partial charge in [-0.05, 0) is 18.6 Å². The molecule has 0 aliphatic carbocycles. The molecular formula is C19H20N6.